The van der Waals surface area contributed by atoms with Crippen molar-refractivity contribution in [1.29, 1.82) is 0 Å². The molecule has 1 aromatic rings. The van der Waals surface area contributed by atoms with Crippen LogP contribution >= 0.6 is 0 Å². The van der Waals surface area contributed by atoms with Crippen LogP contribution in [0, 0.1) is 0 Å². The molecule has 0 atom stereocenters. The van der Waals surface area contributed by atoms with Crippen LogP contribution in [0.2, 0.25) is 0 Å². The standard InChI is InChI=1S/C9H11NO/c1-3-7-5-6-9(11)10-8(7)4-2/h3-6H,1-2H3,(H,10,11)/b7-3-,8-4+. The maximum Gasteiger partial charge on any atom is 0.211 e. The van der Waals surface area contributed by atoms with Gasteiger partial charge in [0.2, 0.25) is 5.88 Å². The number of nitrogens with zero attached hydrogens (tertiary/aromatic N) is 1. The lowest BCUT2D eigenvalue weighted by Gasteiger charge is -1.90. The summed E-state index contributed by atoms with van der Waals surface area (Å²) >= 11 is 0. The molecule has 0 aliphatic rings. The van der Waals surface area contributed by atoms with Crippen molar-refractivity contribution in [3.05, 3.63) is 22.7 Å². The second-order valence-electron chi connectivity index (χ2n) is 2.22. The molecule has 0 unspecified atom stereocenters. The lowest BCUT2D eigenvalue weighted by molar-refractivity contribution is 0.451. The van der Waals surface area contributed by atoms with E-state index in [4.69, 9.17) is 5.11 Å². The SMILES string of the molecule is C/C=c1/ccc(O)n/c1=C/C. The van der Waals surface area contributed by atoms with Gasteiger partial charge in [0.05, 0.1) is 5.35 Å². The first kappa shape index (κ1) is 7.79. The van der Waals surface area contributed by atoms with Crippen LogP contribution in [-0.4, -0.2) is 10.1 Å². The molecule has 1 rings (SSSR count). The van der Waals surface area contributed by atoms with Crippen molar-refractivity contribution in [2.45, 2.75) is 13.8 Å². The van der Waals surface area contributed by atoms with Gasteiger partial charge in [-0.2, -0.15) is 0 Å². The number of hydrogen-bond donors (Lipinski definition) is 1. The van der Waals surface area contributed by atoms with Crippen LogP contribution < -0.4 is 10.6 Å². The molecule has 11 heavy (non-hydrogen) atoms. The number of aromatic hydroxyl groups is 1. The van der Waals surface area contributed by atoms with E-state index in [-0.39, 0.29) is 5.88 Å². The predicted molar refractivity (Wildman–Crippen MR) is 45.4 cm³/mol. The summed E-state index contributed by atoms with van der Waals surface area (Å²) in [4.78, 5) is 3.93. The van der Waals surface area contributed by atoms with Gasteiger partial charge >= 0.3 is 0 Å². The minimum absolute atomic E-state index is 0.0729. The zero-order valence-corrected chi connectivity index (χ0v) is 6.70. The number of rotatable bonds is 0. The van der Waals surface area contributed by atoms with Crippen molar-refractivity contribution >= 4 is 12.2 Å². The second kappa shape index (κ2) is 3.19. The highest BCUT2D eigenvalue weighted by molar-refractivity contribution is 5.27. The van der Waals surface area contributed by atoms with E-state index in [0.717, 1.165) is 10.6 Å². The highest BCUT2D eigenvalue weighted by Gasteiger charge is 1.87. The predicted octanol–water partition coefficient (Wildman–Crippen LogP) is 0.388. The molecule has 1 heterocycles. The van der Waals surface area contributed by atoms with Crippen LogP contribution in [-0.2, 0) is 0 Å². The van der Waals surface area contributed by atoms with Gasteiger partial charge < -0.3 is 5.11 Å². The fourth-order valence-corrected chi connectivity index (χ4v) is 0.950. The number of aromatic nitrogens is 1. The summed E-state index contributed by atoms with van der Waals surface area (Å²) in [7, 11) is 0. The normalized spacial score (nSPS) is 14.0. The van der Waals surface area contributed by atoms with E-state index >= 15 is 0 Å². The van der Waals surface area contributed by atoms with E-state index < -0.39 is 0 Å². The topological polar surface area (TPSA) is 33.1 Å². The third kappa shape index (κ3) is 1.58. The van der Waals surface area contributed by atoms with Crippen molar-refractivity contribution < 1.29 is 5.11 Å². The Morgan fingerprint density at radius 3 is 2.55 bits per heavy atom. The summed E-state index contributed by atoms with van der Waals surface area (Å²) in [5, 5.41) is 10.9. The van der Waals surface area contributed by atoms with Crippen molar-refractivity contribution in [3.63, 3.8) is 0 Å². The molecule has 0 aliphatic heterocycles. The summed E-state index contributed by atoms with van der Waals surface area (Å²) in [6.07, 6.45) is 3.83. The van der Waals surface area contributed by atoms with Gasteiger partial charge in [-0.05, 0) is 25.1 Å². The quantitative estimate of drug-likeness (QED) is 0.578. The lowest BCUT2D eigenvalue weighted by Crippen LogP contribution is -2.26. The van der Waals surface area contributed by atoms with Gasteiger partial charge in [0.25, 0.3) is 0 Å². The molecule has 0 aliphatic carbocycles. The minimum Gasteiger partial charge on any atom is -0.493 e. The highest BCUT2D eigenvalue weighted by Crippen LogP contribution is 1.92. The fourth-order valence-electron chi connectivity index (χ4n) is 0.950. The minimum atomic E-state index is 0.0729. The molecule has 0 fully saturated rings. The third-order valence-corrected chi connectivity index (χ3v) is 1.53. The van der Waals surface area contributed by atoms with E-state index in [1.165, 1.54) is 0 Å². The van der Waals surface area contributed by atoms with Crippen LogP contribution in [0.3, 0.4) is 0 Å². The summed E-state index contributed by atoms with van der Waals surface area (Å²) in [5.74, 6) is 0.0729. The van der Waals surface area contributed by atoms with E-state index in [1.54, 1.807) is 6.07 Å². The van der Waals surface area contributed by atoms with Gasteiger partial charge in [-0.1, -0.05) is 12.2 Å². The molecule has 1 aromatic heterocycles. The van der Waals surface area contributed by atoms with Crippen LogP contribution in [0.25, 0.3) is 12.2 Å². The van der Waals surface area contributed by atoms with E-state index in [1.807, 2.05) is 32.1 Å². The first-order chi connectivity index (χ1) is 5.27. The zero-order chi connectivity index (χ0) is 8.27. The molecule has 0 bridgehead atoms. The van der Waals surface area contributed by atoms with Gasteiger partial charge in [-0.15, -0.1) is 0 Å². The van der Waals surface area contributed by atoms with Crippen LogP contribution in [0.15, 0.2) is 12.1 Å². The van der Waals surface area contributed by atoms with Crippen LogP contribution in [0.4, 0.5) is 0 Å². The Balaban J connectivity index is 3.55. The van der Waals surface area contributed by atoms with Gasteiger partial charge in [-0.25, -0.2) is 4.98 Å². The molecule has 0 radical (unpaired) electrons. The summed E-state index contributed by atoms with van der Waals surface area (Å²) in [5.41, 5.74) is 0. The maximum atomic E-state index is 9.02. The molecule has 1 N–H and O–H groups in total. The average molecular weight is 149 g/mol. The molecule has 0 saturated heterocycles. The third-order valence-electron chi connectivity index (χ3n) is 1.53. The molecule has 58 valence electrons. The van der Waals surface area contributed by atoms with Gasteiger partial charge in [-0.3, -0.25) is 0 Å². The Kier molecular flexibility index (Phi) is 2.26. The van der Waals surface area contributed by atoms with E-state index in [9.17, 15) is 0 Å². The summed E-state index contributed by atoms with van der Waals surface area (Å²) < 4.78 is 0. The number of pyridine rings is 1. The first-order valence-electron chi connectivity index (χ1n) is 3.56. The van der Waals surface area contributed by atoms with Gasteiger partial charge in [0.15, 0.2) is 0 Å². The Bertz CT molecular complexity index is 354. The lowest BCUT2D eigenvalue weighted by atomic mass is 10.3. The average Bonchev–Trinajstić information content (AvgIpc) is 2.04. The second-order valence-corrected chi connectivity index (χ2v) is 2.22. The Morgan fingerprint density at radius 1 is 1.27 bits per heavy atom. The first-order valence-corrected chi connectivity index (χ1v) is 3.56. The molecular formula is C9H11NO. The largest absolute Gasteiger partial charge is 0.493 e. The zero-order valence-electron chi connectivity index (χ0n) is 6.70. The molecule has 2 nitrogen and oxygen atoms in total. The monoisotopic (exact) mass is 149 g/mol. The van der Waals surface area contributed by atoms with Crippen LogP contribution in [0.1, 0.15) is 13.8 Å². The molecule has 0 spiro atoms. The number of hydrogen-bond acceptors (Lipinski definition) is 2. The van der Waals surface area contributed by atoms with Crippen molar-refractivity contribution in [3.8, 4) is 5.88 Å². The fraction of sp³-hybridized carbons (Fsp3) is 0.222. The van der Waals surface area contributed by atoms with Gasteiger partial charge in [0.1, 0.15) is 0 Å². The summed E-state index contributed by atoms with van der Waals surface area (Å²) in [6, 6.07) is 3.43. The summed E-state index contributed by atoms with van der Waals surface area (Å²) in [6.45, 7) is 3.84. The van der Waals surface area contributed by atoms with Crippen LogP contribution in [0.5, 0.6) is 5.88 Å². The highest BCUT2D eigenvalue weighted by atomic mass is 16.3. The molecule has 2 heteroatoms. The smallest absolute Gasteiger partial charge is 0.211 e. The molecule has 0 amide bonds. The molecular weight excluding hydrogens is 138 g/mol. The van der Waals surface area contributed by atoms with E-state index in [2.05, 4.69) is 4.98 Å². The maximum absolute atomic E-state index is 9.02. The Hall–Kier alpha value is -1.31. The van der Waals surface area contributed by atoms with Crippen molar-refractivity contribution in [2.75, 3.05) is 0 Å². The molecule has 0 aromatic carbocycles. The van der Waals surface area contributed by atoms with E-state index in [0.29, 0.717) is 0 Å². The van der Waals surface area contributed by atoms with Crippen molar-refractivity contribution in [2.24, 2.45) is 0 Å². The Labute approximate surface area is 65.5 Å². The van der Waals surface area contributed by atoms with Crippen molar-refractivity contribution in [1.82, 2.24) is 4.98 Å². The van der Waals surface area contributed by atoms with Gasteiger partial charge in [0, 0.05) is 6.07 Å². The Morgan fingerprint density at radius 2 is 2.00 bits per heavy atom. The molecule has 0 saturated carbocycles.